The molecule has 1 aromatic carbocycles. The summed E-state index contributed by atoms with van der Waals surface area (Å²) < 4.78 is 30.4. The summed E-state index contributed by atoms with van der Waals surface area (Å²) in [6.45, 7) is 0.336. The average molecular weight is 336 g/mol. The minimum absolute atomic E-state index is 0.0517. The van der Waals surface area contributed by atoms with E-state index in [1.165, 1.54) is 32.4 Å². The zero-order chi connectivity index (χ0) is 16.0. The minimum atomic E-state index is -3.89. The van der Waals surface area contributed by atoms with Gasteiger partial charge in [-0.3, -0.25) is 4.79 Å². The van der Waals surface area contributed by atoms with Crippen molar-refractivity contribution in [2.24, 2.45) is 0 Å². The Labute approximate surface area is 129 Å². The van der Waals surface area contributed by atoms with Crippen molar-refractivity contribution in [3.05, 3.63) is 23.2 Å². The van der Waals surface area contributed by atoms with Crippen molar-refractivity contribution in [3.63, 3.8) is 0 Å². The molecule has 9 heteroatoms. The summed E-state index contributed by atoms with van der Waals surface area (Å²) >= 11 is 5.89. The molecule has 0 unspecified atom stereocenters. The highest BCUT2D eigenvalue weighted by molar-refractivity contribution is 7.89. The number of methoxy groups -OCH3 is 1. The number of ether oxygens (including phenoxy) is 1. The van der Waals surface area contributed by atoms with Crippen molar-refractivity contribution in [2.75, 3.05) is 39.6 Å². The van der Waals surface area contributed by atoms with E-state index in [2.05, 4.69) is 5.32 Å². The fourth-order valence-corrected chi connectivity index (χ4v) is 3.15. The highest BCUT2D eigenvalue weighted by Gasteiger charge is 2.25. The Balaban J connectivity index is 2.82. The van der Waals surface area contributed by atoms with Gasteiger partial charge in [0, 0.05) is 26.4 Å². The van der Waals surface area contributed by atoms with Gasteiger partial charge in [0.2, 0.25) is 15.9 Å². The Kier molecular flexibility index (Phi) is 6.41. The van der Waals surface area contributed by atoms with Gasteiger partial charge in [-0.25, -0.2) is 8.42 Å². The third-order valence-electron chi connectivity index (χ3n) is 2.64. The van der Waals surface area contributed by atoms with Crippen LogP contribution in [0, 0.1) is 0 Å². The van der Waals surface area contributed by atoms with Gasteiger partial charge >= 0.3 is 0 Å². The zero-order valence-corrected chi connectivity index (χ0v) is 13.4. The Hall–Kier alpha value is -1.35. The second kappa shape index (κ2) is 7.60. The second-order valence-electron chi connectivity index (χ2n) is 4.29. The lowest BCUT2D eigenvalue weighted by Crippen LogP contribution is -2.39. The first kappa shape index (κ1) is 17.7. The molecule has 0 aliphatic rings. The quantitative estimate of drug-likeness (QED) is 0.551. The number of nitrogens with zero attached hydrogens (tertiary/aromatic N) is 1. The molecule has 1 rings (SSSR count). The van der Waals surface area contributed by atoms with Gasteiger partial charge in [-0.1, -0.05) is 11.6 Å². The smallest absolute Gasteiger partial charge is 0.244 e. The number of carbonyl (C=O) groups excluding carboxylic acids is 1. The monoisotopic (exact) mass is 335 g/mol. The van der Waals surface area contributed by atoms with Crippen molar-refractivity contribution in [1.82, 2.24) is 9.62 Å². The number of halogens is 1. The van der Waals surface area contributed by atoms with Crippen LogP contribution in [-0.2, 0) is 19.6 Å². The number of hydrogen-bond donors (Lipinski definition) is 2. The highest BCUT2D eigenvalue weighted by Crippen LogP contribution is 2.25. The van der Waals surface area contributed by atoms with Crippen LogP contribution in [0.4, 0.5) is 5.69 Å². The molecule has 0 heterocycles. The van der Waals surface area contributed by atoms with Crippen LogP contribution >= 0.6 is 11.6 Å². The predicted octanol–water partition coefficient (Wildman–Crippen LogP) is 0.305. The van der Waals surface area contributed by atoms with Crippen LogP contribution in [0.5, 0.6) is 0 Å². The largest absolute Gasteiger partial charge is 0.399 e. The number of nitrogen functional groups attached to an aromatic ring is 1. The van der Waals surface area contributed by atoms with Gasteiger partial charge in [0.05, 0.1) is 18.2 Å². The van der Waals surface area contributed by atoms with Crippen LogP contribution in [0.25, 0.3) is 0 Å². The number of nitrogens with one attached hydrogen (secondary N) is 1. The van der Waals surface area contributed by atoms with Crippen LogP contribution < -0.4 is 11.1 Å². The first-order valence-electron chi connectivity index (χ1n) is 6.06. The van der Waals surface area contributed by atoms with Gasteiger partial charge in [-0.15, -0.1) is 0 Å². The van der Waals surface area contributed by atoms with Gasteiger partial charge < -0.3 is 15.8 Å². The van der Waals surface area contributed by atoms with Crippen molar-refractivity contribution >= 4 is 33.2 Å². The summed E-state index contributed by atoms with van der Waals surface area (Å²) in [6, 6.07) is 4.16. The van der Waals surface area contributed by atoms with Gasteiger partial charge in [0.1, 0.15) is 4.90 Å². The normalized spacial score (nSPS) is 11.6. The van der Waals surface area contributed by atoms with E-state index in [0.29, 0.717) is 13.2 Å². The van der Waals surface area contributed by atoms with Crippen LogP contribution in [0.2, 0.25) is 5.02 Å². The standard InChI is InChI=1S/C12H18ClN3O4S/c1-16(8-12(17)15-5-6-20-2)21(18,19)11-7-9(14)3-4-10(11)13/h3-4,7H,5-6,8,14H2,1-2H3,(H,15,17). The summed E-state index contributed by atoms with van der Waals surface area (Å²) in [4.78, 5) is 11.5. The molecule has 1 amide bonds. The maximum absolute atomic E-state index is 12.4. The maximum atomic E-state index is 12.4. The fourth-order valence-electron chi connectivity index (χ4n) is 1.52. The van der Waals surface area contributed by atoms with Crippen molar-refractivity contribution in [3.8, 4) is 0 Å². The lowest BCUT2D eigenvalue weighted by molar-refractivity contribution is -0.121. The highest BCUT2D eigenvalue weighted by atomic mass is 35.5. The third kappa shape index (κ3) is 4.85. The molecule has 0 aromatic heterocycles. The average Bonchev–Trinajstić information content (AvgIpc) is 2.41. The van der Waals surface area contributed by atoms with E-state index in [1.54, 1.807) is 0 Å². The molecular formula is C12H18ClN3O4S. The number of rotatable bonds is 7. The maximum Gasteiger partial charge on any atom is 0.244 e. The number of sulfonamides is 1. The summed E-state index contributed by atoms with van der Waals surface area (Å²) in [5.74, 6) is -0.432. The van der Waals surface area contributed by atoms with Gasteiger partial charge in [0.25, 0.3) is 0 Å². The molecular weight excluding hydrogens is 318 g/mol. The Morgan fingerprint density at radius 1 is 1.48 bits per heavy atom. The molecule has 3 N–H and O–H groups in total. The summed E-state index contributed by atoms with van der Waals surface area (Å²) in [5, 5.41) is 2.59. The molecule has 0 radical (unpaired) electrons. The van der Waals surface area contributed by atoms with E-state index in [4.69, 9.17) is 22.1 Å². The molecule has 0 aliphatic heterocycles. The SMILES string of the molecule is COCCNC(=O)CN(C)S(=O)(=O)c1cc(N)ccc1Cl. The lowest BCUT2D eigenvalue weighted by Gasteiger charge is -2.18. The van der Waals surface area contributed by atoms with Gasteiger partial charge in [0.15, 0.2) is 0 Å². The van der Waals surface area contributed by atoms with E-state index in [-0.39, 0.29) is 22.2 Å². The van der Waals surface area contributed by atoms with Gasteiger partial charge in [-0.05, 0) is 18.2 Å². The van der Waals surface area contributed by atoms with Crippen molar-refractivity contribution < 1.29 is 17.9 Å². The van der Waals surface area contributed by atoms with E-state index < -0.39 is 15.9 Å². The number of amides is 1. The number of anilines is 1. The third-order valence-corrected chi connectivity index (χ3v) is 4.92. The van der Waals surface area contributed by atoms with E-state index >= 15 is 0 Å². The number of carbonyl (C=O) groups is 1. The van der Waals surface area contributed by atoms with Crippen molar-refractivity contribution in [1.29, 1.82) is 0 Å². The van der Waals surface area contributed by atoms with E-state index in [9.17, 15) is 13.2 Å². The lowest BCUT2D eigenvalue weighted by atomic mass is 10.3. The van der Waals surface area contributed by atoms with E-state index in [1.807, 2.05) is 0 Å². The molecule has 21 heavy (non-hydrogen) atoms. The number of likely N-dealkylation sites (N-methyl/N-ethyl adjacent to an activating group) is 1. The second-order valence-corrected chi connectivity index (χ2v) is 6.71. The van der Waals surface area contributed by atoms with E-state index in [0.717, 1.165) is 4.31 Å². The van der Waals surface area contributed by atoms with Crippen LogP contribution in [-0.4, -0.2) is 52.5 Å². The fraction of sp³-hybridized carbons (Fsp3) is 0.417. The Morgan fingerprint density at radius 3 is 2.76 bits per heavy atom. The minimum Gasteiger partial charge on any atom is -0.399 e. The zero-order valence-electron chi connectivity index (χ0n) is 11.8. The Bertz CT molecular complexity index is 607. The summed E-state index contributed by atoms with van der Waals surface area (Å²) in [5.41, 5.74) is 5.85. The number of nitrogens with two attached hydrogens (primary N) is 1. The molecule has 0 bridgehead atoms. The van der Waals surface area contributed by atoms with Crippen LogP contribution in [0.15, 0.2) is 23.1 Å². The number of hydrogen-bond acceptors (Lipinski definition) is 5. The molecule has 0 aliphatic carbocycles. The first-order chi connectivity index (χ1) is 9.78. The van der Waals surface area contributed by atoms with Gasteiger partial charge in [-0.2, -0.15) is 4.31 Å². The van der Waals surface area contributed by atoms with Crippen LogP contribution in [0.3, 0.4) is 0 Å². The summed E-state index contributed by atoms with van der Waals surface area (Å²) in [7, 11) is -1.09. The van der Waals surface area contributed by atoms with Crippen molar-refractivity contribution in [2.45, 2.75) is 4.90 Å². The van der Waals surface area contributed by atoms with Crippen LogP contribution in [0.1, 0.15) is 0 Å². The molecule has 0 spiro atoms. The molecule has 7 nitrogen and oxygen atoms in total. The molecule has 118 valence electrons. The summed E-state index contributed by atoms with van der Waals surface area (Å²) in [6.07, 6.45) is 0. The predicted molar refractivity (Wildman–Crippen MR) is 80.6 cm³/mol. The Morgan fingerprint density at radius 2 is 2.14 bits per heavy atom. The molecule has 0 fully saturated rings. The topological polar surface area (TPSA) is 102 Å². The molecule has 0 saturated heterocycles. The first-order valence-corrected chi connectivity index (χ1v) is 7.88. The number of benzene rings is 1. The molecule has 0 atom stereocenters. The molecule has 0 saturated carbocycles. The molecule has 1 aromatic rings.